The van der Waals surface area contributed by atoms with Gasteiger partial charge in [-0.15, -0.1) is 0 Å². The van der Waals surface area contributed by atoms with Crippen LogP contribution in [0.3, 0.4) is 0 Å². The molecule has 4 rings (SSSR count). The highest BCUT2D eigenvalue weighted by Crippen LogP contribution is 2.41. The number of hydrogen-bond donors (Lipinski definition) is 3. The molecular formula is C19H28N2O2. The summed E-state index contributed by atoms with van der Waals surface area (Å²) in [7, 11) is 1.57. The molecule has 0 radical (unpaired) electrons. The van der Waals surface area contributed by atoms with Gasteiger partial charge >= 0.3 is 0 Å². The molecule has 1 heterocycles. The predicted octanol–water partition coefficient (Wildman–Crippen LogP) is 2.04. The van der Waals surface area contributed by atoms with Crippen molar-refractivity contribution in [3.05, 3.63) is 35.9 Å². The second kappa shape index (κ2) is 7.02. The summed E-state index contributed by atoms with van der Waals surface area (Å²) in [6.07, 6.45) is 5.54. The fraction of sp³-hybridized carbons (Fsp3) is 0.632. The number of nitrogens with one attached hydrogen (secondary N) is 2. The van der Waals surface area contributed by atoms with E-state index in [-0.39, 0.29) is 11.8 Å². The normalized spacial score (nSPS) is 28.3. The zero-order chi connectivity index (χ0) is 16.3. The molecule has 3 aliphatic rings. The Kier molecular flexibility index (Phi) is 5.02. The van der Waals surface area contributed by atoms with Gasteiger partial charge in [0.25, 0.3) is 5.91 Å². The molecule has 3 atom stereocenters. The van der Waals surface area contributed by atoms with Crippen molar-refractivity contribution in [2.45, 2.75) is 37.7 Å². The van der Waals surface area contributed by atoms with Crippen molar-refractivity contribution in [2.75, 3.05) is 20.1 Å². The Morgan fingerprint density at radius 3 is 2.22 bits per heavy atom. The molecule has 1 aliphatic heterocycles. The minimum atomic E-state index is -1.37. The third kappa shape index (κ3) is 3.43. The van der Waals surface area contributed by atoms with Gasteiger partial charge in [0.05, 0.1) is 0 Å². The van der Waals surface area contributed by atoms with E-state index in [1.165, 1.54) is 19.5 Å². The molecule has 0 spiro atoms. The van der Waals surface area contributed by atoms with E-state index in [2.05, 4.69) is 10.6 Å². The number of rotatable bonds is 3. The monoisotopic (exact) mass is 316 g/mol. The molecular weight excluding hydrogens is 288 g/mol. The molecule has 1 aromatic carbocycles. The lowest BCUT2D eigenvalue weighted by Crippen LogP contribution is -2.47. The van der Waals surface area contributed by atoms with Gasteiger partial charge in [-0.2, -0.15) is 0 Å². The molecule has 1 saturated heterocycles. The summed E-state index contributed by atoms with van der Waals surface area (Å²) in [6, 6.07) is 9.26. The Morgan fingerprint density at radius 2 is 1.78 bits per heavy atom. The maximum Gasteiger partial charge on any atom is 0.256 e. The first-order valence-corrected chi connectivity index (χ1v) is 8.87. The lowest BCUT2D eigenvalue weighted by atomic mass is 9.79. The van der Waals surface area contributed by atoms with Gasteiger partial charge in [-0.25, -0.2) is 0 Å². The van der Waals surface area contributed by atoms with Crippen LogP contribution in [0.15, 0.2) is 30.3 Å². The molecule has 4 nitrogen and oxygen atoms in total. The minimum absolute atomic E-state index is 0.0323. The molecule has 126 valence electrons. The summed E-state index contributed by atoms with van der Waals surface area (Å²) in [5, 5.41) is 16.8. The maximum absolute atomic E-state index is 12.1. The van der Waals surface area contributed by atoms with Gasteiger partial charge in [0.2, 0.25) is 0 Å². The van der Waals surface area contributed by atoms with E-state index in [1.807, 2.05) is 30.3 Å². The van der Waals surface area contributed by atoms with Crippen LogP contribution in [-0.4, -0.2) is 31.2 Å². The lowest BCUT2D eigenvalue weighted by molar-refractivity contribution is -0.146. The quantitative estimate of drug-likeness (QED) is 0.800. The number of benzene rings is 1. The van der Waals surface area contributed by atoms with Crippen LogP contribution in [-0.2, 0) is 10.4 Å². The molecule has 3 N–H and O–H groups in total. The number of piperidine rings is 1. The van der Waals surface area contributed by atoms with E-state index in [4.69, 9.17) is 0 Å². The van der Waals surface area contributed by atoms with Crippen LogP contribution in [0.25, 0.3) is 0 Å². The van der Waals surface area contributed by atoms with Crippen molar-refractivity contribution in [3.63, 3.8) is 0 Å². The van der Waals surface area contributed by atoms with Crippen LogP contribution in [0.2, 0.25) is 0 Å². The van der Waals surface area contributed by atoms with Crippen molar-refractivity contribution >= 4 is 5.91 Å². The number of likely N-dealkylation sites (N-methyl/N-ethyl adjacent to an activating group) is 1. The Morgan fingerprint density at radius 1 is 1.17 bits per heavy atom. The van der Waals surface area contributed by atoms with Gasteiger partial charge in [0, 0.05) is 13.0 Å². The van der Waals surface area contributed by atoms with Crippen molar-refractivity contribution in [2.24, 2.45) is 17.8 Å². The van der Waals surface area contributed by atoms with Gasteiger partial charge in [-0.1, -0.05) is 43.2 Å². The minimum Gasteiger partial charge on any atom is -0.375 e. The number of carbonyl (C=O) groups is 1. The highest BCUT2D eigenvalue weighted by atomic mass is 16.3. The fourth-order valence-electron chi connectivity index (χ4n) is 4.04. The molecule has 2 unspecified atom stereocenters. The smallest absolute Gasteiger partial charge is 0.256 e. The molecule has 2 saturated carbocycles. The first-order chi connectivity index (χ1) is 11.2. The molecule has 1 amide bonds. The lowest BCUT2D eigenvalue weighted by Gasteiger charge is -2.32. The maximum atomic E-state index is 12.1. The predicted molar refractivity (Wildman–Crippen MR) is 90.8 cm³/mol. The number of carbonyl (C=O) groups excluding carboxylic acids is 1. The number of fused-ring (bicyclic) bond motifs is 1. The van der Waals surface area contributed by atoms with E-state index in [0.717, 1.165) is 37.5 Å². The third-order valence-corrected chi connectivity index (χ3v) is 5.62. The molecule has 23 heavy (non-hydrogen) atoms. The number of hydrogen-bond acceptors (Lipinski definition) is 3. The zero-order valence-corrected chi connectivity index (χ0v) is 13.9. The number of aliphatic hydroxyl groups is 1. The van der Waals surface area contributed by atoms with Crippen LogP contribution in [0.4, 0.5) is 0 Å². The average Bonchev–Trinajstić information content (AvgIpc) is 3.02. The molecule has 2 aliphatic carbocycles. The third-order valence-electron chi connectivity index (χ3n) is 5.62. The van der Waals surface area contributed by atoms with Crippen LogP contribution in [0.1, 0.15) is 37.7 Å². The number of amides is 1. The first kappa shape index (κ1) is 16.5. The van der Waals surface area contributed by atoms with Crippen LogP contribution < -0.4 is 10.6 Å². The summed E-state index contributed by atoms with van der Waals surface area (Å²) in [4.78, 5) is 12.1. The highest BCUT2D eigenvalue weighted by Gasteiger charge is 2.45. The summed E-state index contributed by atoms with van der Waals surface area (Å²) >= 11 is 0. The molecule has 0 bridgehead atoms. The topological polar surface area (TPSA) is 61.4 Å². The average molecular weight is 316 g/mol. The highest BCUT2D eigenvalue weighted by molar-refractivity contribution is 5.86. The summed E-state index contributed by atoms with van der Waals surface area (Å²) < 4.78 is 0. The van der Waals surface area contributed by atoms with Gasteiger partial charge in [-0.3, -0.25) is 4.79 Å². The van der Waals surface area contributed by atoms with E-state index < -0.39 is 5.60 Å². The molecule has 1 aromatic rings. The SMILES string of the molecule is C1NC[C@@H]2CC12.CNC(=O)C(O)(c1ccccc1)C1CCCC1. The van der Waals surface area contributed by atoms with Crippen LogP contribution in [0, 0.1) is 17.8 Å². The van der Waals surface area contributed by atoms with Crippen molar-refractivity contribution in [1.29, 1.82) is 0 Å². The first-order valence-electron chi connectivity index (χ1n) is 8.87. The summed E-state index contributed by atoms with van der Waals surface area (Å²) in [5.41, 5.74) is -0.668. The van der Waals surface area contributed by atoms with Crippen molar-refractivity contribution < 1.29 is 9.90 Å². The largest absolute Gasteiger partial charge is 0.375 e. The van der Waals surface area contributed by atoms with Crippen LogP contribution >= 0.6 is 0 Å². The Hall–Kier alpha value is -1.39. The second-order valence-corrected chi connectivity index (χ2v) is 7.11. The van der Waals surface area contributed by atoms with Gasteiger partial charge in [0.1, 0.15) is 0 Å². The fourth-order valence-corrected chi connectivity index (χ4v) is 4.04. The van der Waals surface area contributed by atoms with Gasteiger partial charge in [-0.05, 0) is 49.8 Å². The standard InChI is InChI=1S/C14H19NO2.C5H9N/c1-15-13(16)14(17,12-9-5-6-10-12)11-7-3-2-4-8-11;1-4-2-6-3-5(1)4/h2-4,7-8,12,17H,5-6,9-10H2,1H3,(H,15,16);4-6H,1-3H2/t;4-,5?/m.0/s1. The van der Waals surface area contributed by atoms with E-state index in [9.17, 15) is 9.90 Å². The van der Waals surface area contributed by atoms with Crippen molar-refractivity contribution in [3.8, 4) is 0 Å². The van der Waals surface area contributed by atoms with E-state index in [0.29, 0.717) is 5.56 Å². The zero-order valence-electron chi connectivity index (χ0n) is 13.9. The van der Waals surface area contributed by atoms with Crippen LogP contribution in [0.5, 0.6) is 0 Å². The van der Waals surface area contributed by atoms with E-state index >= 15 is 0 Å². The molecule has 0 aromatic heterocycles. The molecule has 4 heteroatoms. The van der Waals surface area contributed by atoms with Gasteiger partial charge < -0.3 is 15.7 Å². The molecule has 3 fully saturated rings. The van der Waals surface area contributed by atoms with E-state index in [1.54, 1.807) is 7.05 Å². The second-order valence-electron chi connectivity index (χ2n) is 7.11. The van der Waals surface area contributed by atoms with Crippen molar-refractivity contribution in [1.82, 2.24) is 10.6 Å². The Balaban J connectivity index is 0.000000213. The summed E-state index contributed by atoms with van der Waals surface area (Å²) in [5.74, 6) is 1.94. The Labute approximate surface area is 138 Å². The Bertz CT molecular complexity index is 519. The van der Waals surface area contributed by atoms with Gasteiger partial charge in [0.15, 0.2) is 5.60 Å². The summed E-state index contributed by atoms with van der Waals surface area (Å²) in [6.45, 7) is 2.62.